The van der Waals surface area contributed by atoms with Crippen molar-refractivity contribution in [3.8, 4) is 11.5 Å². The third kappa shape index (κ3) is 5.92. The summed E-state index contributed by atoms with van der Waals surface area (Å²) in [5.41, 5.74) is 3.64. The number of nitrogens with zero attached hydrogens (tertiary/aromatic N) is 1. The Hall–Kier alpha value is -3.14. The molecule has 0 unspecified atom stereocenters. The van der Waals surface area contributed by atoms with Crippen LogP contribution in [0.3, 0.4) is 0 Å². The van der Waals surface area contributed by atoms with Crippen molar-refractivity contribution in [3.05, 3.63) is 89.2 Å². The molecule has 0 aliphatic rings. The fourth-order valence-electron chi connectivity index (χ4n) is 2.93. The second-order valence-electron chi connectivity index (χ2n) is 6.82. The van der Waals surface area contributed by atoms with Gasteiger partial charge in [0, 0.05) is 11.8 Å². The first-order chi connectivity index (χ1) is 14.2. The van der Waals surface area contributed by atoms with E-state index in [-0.39, 0.29) is 12.4 Å². The van der Waals surface area contributed by atoms with Crippen molar-refractivity contribution in [3.63, 3.8) is 0 Å². The van der Waals surface area contributed by atoms with Crippen LogP contribution in [0.5, 0.6) is 11.5 Å². The van der Waals surface area contributed by atoms with Crippen LogP contribution in [0.1, 0.15) is 36.5 Å². The van der Waals surface area contributed by atoms with Crippen LogP contribution in [0.25, 0.3) is 0 Å². The minimum atomic E-state index is -0.282. The van der Waals surface area contributed by atoms with Gasteiger partial charge in [0.15, 0.2) is 11.5 Å². The number of aryl methyl sites for hydroxylation is 1. The van der Waals surface area contributed by atoms with Gasteiger partial charge < -0.3 is 9.47 Å². The highest BCUT2D eigenvalue weighted by atomic mass is 19.1. The number of unbranched alkanes of at least 4 members (excludes halogenated alkanes) is 1. The number of ether oxygens (including phenoxy) is 2. The molecule has 0 fully saturated rings. The first-order valence-electron chi connectivity index (χ1n) is 9.87. The molecule has 3 nitrogen and oxygen atoms in total. The average Bonchev–Trinajstić information content (AvgIpc) is 2.76. The lowest BCUT2D eigenvalue weighted by Crippen LogP contribution is -2.00. The summed E-state index contributed by atoms with van der Waals surface area (Å²) in [6.07, 6.45) is 5.30. The van der Waals surface area contributed by atoms with Crippen molar-refractivity contribution in [1.29, 1.82) is 0 Å². The first kappa shape index (κ1) is 20.6. The molecule has 0 heterocycles. The zero-order valence-electron chi connectivity index (χ0n) is 16.9. The predicted molar refractivity (Wildman–Crippen MR) is 116 cm³/mol. The molecule has 150 valence electrons. The lowest BCUT2D eigenvalue weighted by molar-refractivity contribution is 0.279. The van der Waals surface area contributed by atoms with Gasteiger partial charge in [0.25, 0.3) is 0 Å². The number of methoxy groups -OCH3 is 1. The van der Waals surface area contributed by atoms with E-state index in [4.69, 9.17) is 9.47 Å². The lowest BCUT2D eigenvalue weighted by atomic mass is 10.1. The van der Waals surface area contributed by atoms with Crippen LogP contribution >= 0.6 is 0 Å². The molecule has 0 N–H and O–H groups in total. The van der Waals surface area contributed by atoms with E-state index in [1.807, 2.05) is 30.3 Å². The summed E-state index contributed by atoms with van der Waals surface area (Å²) >= 11 is 0. The highest BCUT2D eigenvalue weighted by molar-refractivity contribution is 5.83. The van der Waals surface area contributed by atoms with E-state index in [0.717, 1.165) is 17.7 Å². The van der Waals surface area contributed by atoms with E-state index < -0.39 is 0 Å². The second-order valence-corrected chi connectivity index (χ2v) is 6.82. The highest BCUT2D eigenvalue weighted by Crippen LogP contribution is 2.29. The zero-order chi connectivity index (χ0) is 20.5. The number of hydrogen-bond donors (Lipinski definition) is 0. The van der Waals surface area contributed by atoms with E-state index in [1.165, 1.54) is 24.5 Å². The molecule has 0 radical (unpaired) electrons. The molecule has 0 aromatic heterocycles. The Morgan fingerprint density at radius 1 is 0.966 bits per heavy atom. The molecule has 0 aliphatic carbocycles. The molecule has 4 heteroatoms. The fraction of sp³-hybridized carbons (Fsp3) is 0.240. The third-order valence-corrected chi connectivity index (χ3v) is 4.65. The van der Waals surface area contributed by atoms with E-state index in [2.05, 4.69) is 24.0 Å². The summed E-state index contributed by atoms with van der Waals surface area (Å²) in [5.74, 6) is 0.865. The maximum absolute atomic E-state index is 13.8. The van der Waals surface area contributed by atoms with Gasteiger partial charge in [-0.05, 0) is 60.4 Å². The van der Waals surface area contributed by atoms with Gasteiger partial charge in [-0.3, -0.25) is 4.99 Å². The lowest BCUT2D eigenvalue weighted by Gasteiger charge is -2.11. The maximum atomic E-state index is 13.8. The molecule has 0 aliphatic heterocycles. The van der Waals surface area contributed by atoms with Gasteiger partial charge in [-0.2, -0.15) is 0 Å². The molecule has 0 bridgehead atoms. The zero-order valence-corrected chi connectivity index (χ0v) is 16.9. The van der Waals surface area contributed by atoms with Crippen molar-refractivity contribution < 1.29 is 13.9 Å². The van der Waals surface area contributed by atoms with Crippen LogP contribution in [0.15, 0.2) is 71.7 Å². The summed E-state index contributed by atoms with van der Waals surface area (Å²) in [5, 5.41) is 0. The molecule has 3 rings (SSSR count). The quantitative estimate of drug-likeness (QED) is 0.390. The number of aliphatic imine (C=N–C) groups is 1. The van der Waals surface area contributed by atoms with Gasteiger partial charge in [0.1, 0.15) is 12.4 Å². The van der Waals surface area contributed by atoms with Crippen LogP contribution in [-0.2, 0) is 13.0 Å². The van der Waals surface area contributed by atoms with E-state index in [1.54, 1.807) is 31.5 Å². The van der Waals surface area contributed by atoms with Crippen molar-refractivity contribution in [1.82, 2.24) is 0 Å². The number of rotatable bonds is 9. The van der Waals surface area contributed by atoms with Gasteiger partial charge in [0.05, 0.1) is 12.8 Å². The van der Waals surface area contributed by atoms with Gasteiger partial charge in [-0.15, -0.1) is 0 Å². The Kier molecular flexibility index (Phi) is 7.40. The molecule has 3 aromatic rings. The number of halogens is 1. The van der Waals surface area contributed by atoms with Gasteiger partial charge in [-0.1, -0.05) is 43.7 Å². The first-order valence-corrected chi connectivity index (χ1v) is 9.87. The van der Waals surface area contributed by atoms with Crippen LogP contribution in [0, 0.1) is 5.82 Å². The van der Waals surface area contributed by atoms with Crippen LogP contribution in [0.4, 0.5) is 10.1 Å². The summed E-state index contributed by atoms with van der Waals surface area (Å²) in [6, 6.07) is 20.5. The summed E-state index contributed by atoms with van der Waals surface area (Å²) in [7, 11) is 1.58. The Labute approximate surface area is 171 Å². The van der Waals surface area contributed by atoms with Crippen molar-refractivity contribution in [2.75, 3.05) is 7.11 Å². The van der Waals surface area contributed by atoms with Crippen molar-refractivity contribution in [2.24, 2.45) is 4.99 Å². The predicted octanol–water partition coefficient (Wildman–Crippen LogP) is 6.51. The largest absolute Gasteiger partial charge is 0.493 e. The van der Waals surface area contributed by atoms with E-state index in [0.29, 0.717) is 17.1 Å². The SMILES string of the molecule is CCCCc1ccc(N=Cc2ccc(OCc3ccccc3F)c(OC)c2)cc1. The Morgan fingerprint density at radius 3 is 2.48 bits per heavy atom. The topological polar surface area (TPSA) is 30.8 Å². The normalized spacial score (nSPS) is 11.0. The maximum Gasteiger partial charge on any atom is 0.161 e. The molecule has 0 atom stereocenters. The molecule has 3 aromatic carbocycles. The summed E-state index contributed by atoms with van der Waals surface area (Å²) in [6.45, 7) is 2.34. The molecular formula is C25H26FNO2. The van der Waals surface area contributed by atoms with Crippen LogP contribution in [0.2, 0.25) is 0 Å². The molecule has 0 spiro atoms. The van der Waals surface area contributed by atoms with E-state index >= 15 is 0 Å². The van der Waals surface area contributed by atoms with Gasteiger partial charge >= 0.3 is 0 Å². The Balaban J connectivity index is 1.66. The molecule has 0 saturated carbocycles. The monoisotopic (exact) mass is 391 g/mol. The number of benzene rings is 3. The number of hydrogen-bond acceptors (Lipinski definition) is 3. The van der Waals surface area contributed by atoms with Gasteiger partial charge in [0.2, 0.25) is 0 Å². The summed E-state index contributed by atoms with van der Waals surface area (Å²) in [4.78, 5) is 4.54. The minimum absolute atomic E-state index is 0.140. The molecule has 0 amide bonds. The molecule has 0 saturated heterocycles. The molecular weight excluding hydrogens is 365 g/mol. The summed E-state index contributed by atoms with van der Waals surface area (Å²) < 4.78 is 24.9. The van der Waals surface area contributed by atoms with Crippen molar-refractivity contribution >= 4 is 11.9 Å². The van der Waals surface area contributed by atoms with Gasteiger partial charge in [-0.25, -0.2) is 4.39 Å². The highest BCUT2D eigenvalue weighted by Gasteiger charge is 2.07. The Bertz CT molecular complexity index is 951. The fourth-order valence-corrected chi connectivity index (χ4v) is 2.93. The Morgan fingerprint density at radius 2 is 1.76 bits per heavy atom. The second kappa shape index (κ2) is 10.4. The van der Waals surface area contributed by atoms with Crippen LogP contribution < -0.4 is 9.47 Å². The average molecular weight is 391 g/mol. The smallest absolute Gasteiger partial charge is 0.161 e. The standard InChI is InChI=1S/C25H26FNO2/c1-3-4-7-19-10-13-22(14-11-19)27-17-20-12-15-24(25(16-20)28-2)29-18-21-8-5-6-9-23(21)26/h5-6,8-17H,3-4,7,18H2,1-2H3. The molecule has 29 heavy (non-hydrogen) atoms. The van der Waals surface area contributed by atoms with E-state index in [9.17, 15) is 4.39 Å². The minimum Gasteiger partial charge on any atom is -0.493 e. The van der Waals surface area contributed by atoms with Crippen LogP contribution in [-0.4, -0.2) is 13.3 Å². The third-order valence-electron chi connectivity index (χ3n) is 4.65. The van der Waals surface area contributed by atoms with Crippen molar-refractivity contribution in [2.45, 2.75) is 32.8 Å².